The third-order valence-electron chi connectivity index (χ3n) is 2.34. The van der Waals surface area contributed by atoms with Gasteiger partial charge >= 0.3 is 5.97 Å². The highest BCUT2D eigenvalue weighted by molar-refractivity contribution is 6.00. The summed E-state index contributed by atoms with van der Waals surface area (Å²) in [5.74, 6) is -0.692. The molecule has 0 amide bonds. The van der Waals surface area contributed by atoms with Crippen molar-refractivity contribution >= 4 is 16.7 Å². The predicted molar refractivity (Wildman–Crippen MR) is 60.6 cm³/mol. The minimum absolute atomic E-state index is 0.0473. The lowest BCUT2D eigenvalue weighted by Crippen LogP contribution is -2.11. The van der Waals surface area contributed by atoms with Gasteiger partial charge in [-0.2, -0.15) is 0 Å². The Bertz CT molecular complexity index is 537. The van der Waals surface area contributed by atoms with E-state index in [0.29, 0.717) is 5.75 Å². The molecule has 0 saturated carbocycles. The zero-order valence-electron chi connectivity index (χ0n) is 8.51. The van der Waals surface area contributed by atoms with Gasteiger partial charge in [-0.1, -0.05) is 30.3 Å². The van der Waals surface area contributed by atoms with Gasteiger partial charge in [0.2, 0.25) is 0 Å². The molecule has 0 saturated heterocycles. The molecule has 0 spiro atoms. The van der Waals surface area contributed by atoms with Crippen LogP contribution in [-0.4, -0.2) is 17.8 Å². The van der Waals surface area contributed by atoms with Crippen molar-refractivity contribution in [2.75, 3.05) is 6.73 Å². The second-order valence-electron chi connectivity index (χ2n) is 3.28. The average molecular weight is 217 g/mol. The Labute approximate surface area is 92.3 Å². The van der Waals surface area contributed by atoms with Crippen molar-refractivity contribution in [2.45, 2.75) is 0 Å². The quantitative estimate of drug-likeness (QED) is 0.769. The fraction of sp³-hybridized carbons (Fsp3) is 0.0833. The number of nitrogens with two attached hydrogens (primary N) is 1. The highest BCUT2D eigenvalue weighted by Crippen LogP contribution is 2.29. The maximum atomic E-state index is 11.0. The monoisotopic (exact) mass is 217 g/mol. The van der Waals surface area contributed by atoms with Gasteiger partial charge in [-0.05, 0) is 11.5 Å². The first-order valence-electron chi connectivity index (χ1n) is 4.82. The minimum Gasteiger partial charge on any atom is -0.478 e. The third kappa shape index (κ3) is 1.70. The van der Waals surface area contributed by atoms with Crippen LogP contribution in [0, 0.1) is 0 Å². The van der Waals surface area contributed by atoms with Crippen molar-refractivity contribution in [1.82, 2.24) is 0 Å². The van der Waals surface area contributed by atoms with Crippen LogP contribution in [0.5, 0.6) is 5.75 Å². The molecule has 3 N–H and O–H groups in total. The van der Waals surface area contributed by atoms with E-state index in [1.54, 1.807) is 6.07 Å². The van der Waals surface area contributed by atoms with E-state index in [-0.39, 0.29) is 12.3 Å². The van der Waals surface area contributed by atoms with Crippen molar-refractivity contribution in [3.05, 3.63) is 42.0 Å². The molecule has 0 bridgehead atoms. The number of hydrogen-bond acceptors (Lipinski definition) is 3. The van der Waals surface area contributed by atoms with Crippen LogP contribution in [0.3, 0.4) is 0 Å². The molecule has 82 valence electrons. The lowest BCUT2D eigenvalue weighted by Gasteiger charge is -2.10. The minimum atomic E-state index is -1.02. The topological polar surface area (TPSA) is 72.5 Å². The lowest BCUT2D eigenvalue weighted by molar-refractivity contribution is 0.0693. The summed E-state index contributed by atoms with van der Waals surface area (Å²) >= 11 is 0. The molecule has 0 fully saturated rings. The zero-order valence-corrected chi connectivity index (χ0v) is 8.51. The van der Waals surface area contributed by atoms with Crippen LogP contribution in [0.1, 0.15) is 10.4 Å². The highest BCUT2D eigenvalue weighted by Gasteiger charge is 2.13. The molecule has 0 radical (unpaired) electrons. The SMILES string of the molecule is NCOc1c(C(=O)O)ccc2ccccc12. The predicted octanol–water partition coefficient (Wildman–Crippen LogP) is 1.83. The average Bonchev–Trinajstić information content (AvgIpc) is 2.29. The van der Waals surface area contributed by atoms with Crippen LogP contribution >= 0.6 is 0 Å². The van der Waals surface area contributed by atoms with Crippen LogP contribution in [0.25, 0.3) is 10.8 Å². The van der Waals surface area contributed by atoms with E-state index in [4.69, 9.17) is 15.6 Å². The van der Waals surface area contributed by atoms with Gasteiger partial charge in [0.15, 0.2) is 0 Å². The van der Waals surface area contributed by atoms with E-state index >= 15 is 0 Å². The molecule has 2 aromatic carbocycles. The molecule has 4 heteroatoms. The Hall–Kier alpha value is -2.07. The van der Waals surface area contributed by atoms with E-state index < -0.39 is 5.97 Å². The zero-order chi connectivity index (χ0) is 11.5. The van der Waals surface area contributed by atoms with Crippen LogP contribution in [-0.2, 0) is 0 Å². The number of hydrogen-bond donors (Lipinski definition) is 2. The first-order chi connectivity index (χ1) is 7.74. The lowest BCUT2D eigenvalue weighted by atomic mass is 10.1. The van der Waals surface area contributed by atoms with Gasteiger partial charge in [-0.15, -0.1) is 0 Å². The summed E-state index contributed by atoms with van der Waals surface area (Å²) in [6.45, 7) is -0.0473. The van der Waals surface area contributed by atoms with Gasteiger partial charge in [0.05, 0.1) is 0 Å². The third-order valence-corrected chi connectivity index (χ3v) is 2.34. The Kier molecular flexibility index (Phi) is 2.74. The van der Waals surface area contributed by atoms with Crippen LogP contribution in [0.15, 0.2) is 36.4 Å². The summed E-state index contributed by atoms with van der Waals surface area (Å²) < 4.78 is 5.21. The maximum absolute atomic E-state index is 11.0. The van der Waals surface area contributed by atoms with Crippen molar-refractivity contribution in [3.63, 3.8) is 0 Å². The number of rotatable bonds is 3. The van der Waals surface area contributed by atoms with E-state index in [1.807, 2.05) is 24.3 Å². The number of carboxylic acid groups (broad SMARTS) is 1. The Morgan fingerprint density at radius 3 is 2.69 bits per heavy atom. The van der Waals surface area contributed by atoms with E-state index in [0.717, 1.165) is 10.8 Å². The van der Waals surface area contributed by atoms with Gasteiger partial charge in [0.25, 0.3) is 0 Å². The van der Waals surface area contributed by atoms with Gasteiger partial charge < -0.3 is 9.84 Å². The molecule has 2 rings (SSSR count). The maximum Gasteiger partial charge on any atom is 0.339 e. The molecule has 0 aliphatic carbocycles. The molecule has 0 unspecified atom stereocenters. The molecule has 2 aromatic rings. The summed E-state index contributed by atoms with van der Waals surface area (Å²) in [5, 5.41) is 10.7. The van der Waals surface area contributed by atoms with Crippen molar-refractivity contribution in [2.24, 2.45) is 5.73 Å². The highest BCUT2D eigenvalue weighted by atomic mass is 16.5. The first kappa shape index (κ1) is 10.4. The Morgan fingerprint density at radius 2 is 2.00 bits per heavy atom. The molecule has 0 heterocycles. The normalized spacial score (nSPS) is 10.3. The fourth-order valence-electron chi connectivity index (χ4n) is 1.65. The van der Waals surface area contributed by atoms with Gasteiger partial charge in [0, 0.05) is 5.39 Å². The Morgan fingerprint density at radius 1 is 1.25 bits per heavy atom. The number of carboxylic acids is 1. The number of carbonyl (C=O) groups is 1. The smallest absolute Gasteiger partial charge is 0.339 e. The van der Waals surface area contributed by atoms with Crippen molar-refractivity contribution < 1.29 is 14.6 Å². The number of ether oxygens (including phenoxy) is 1. The summed E-state index contributed by atoms with van der Waals surface area (Å²) in [6.07, 6.45) is 0. The molecular formula is C12H11NO3. The molecule has 0 aliphatic heterocycles. The molecule has 4 nitrogen and oxygen atoms in total. The van der Waals surface area contributed by atoms with Crippen LogP contribution < -0.4 is 10.5 Å². The van der Waals surface area contributed by atoms with E-state index in [2.05, 4.69) is 0 Å². The summed E-state index contributed by atoms with van der Waals surface area (Å²) in [5.41, 5.74) is 5.43. The number of fused-ring (bicyclic) bond motifs is 1. The number of benzene rings is 2. The largest absolute Gasteiger partial charge is 0.478 e. The van der Waals surface area contributed by atoms with Crippen molar-refractivity contribution in [3.8, 4) is 5.75 Å². The van der Waals surface area contributed by atoms with Gasteiger partial charge in [0.1, 0.15) is 18.0 Å². The number of aromatic carboxylic acids is 1. The molecule has 0 atom stereocenters. The Balaban J connectivity index is 2.73. The summed E-state index contributed by atoms with van der Waals surface area (Å²) in [4.78, 5) is 11.0. The standard InChI is InChI=1S/C12H11NO3/c13-7-16-11-9-4-2-1-3-8(9)5-6-10(11)12(14)15/h1-6H,7,13H2,(H,14,15). The van der Waals surface area contributed by atoms with Gasteiger partial charge in [-0.25, -0.2) is 4.79 Å². The van der Waals surface area contributed by atoms with Crippen LogP contribution in [0.4, 0.5) is 0 Å². The first-order valence-corrected chi connectivity index (χ1v) is 4.82. The molecule has 0 aliphatic rings. The molecule has 16 heavy (non-hydrogen) atoms. The summed E-state index contributed by atoms with van der Waals surface area (Å²) in [7, 11) is 0. The second kappa shape index (κ2) is 4.20. The molecule has 0 aromatic heterocycles. The summed E-state index contributed by atoms with van der Waals surface area (Å²) in [6, 6.07) is 10.7. The molecular weight excluding hydrogens is 206 g/mol. The van der Waals surface area contributed by atoms with Crippen LogP contribution in [0.2, 0.25) is 0 Å². The van der Waals surface area contributed by atoms with E-state index in [9.17, 15) is 4.79 Å². The van der Waals surface area contributed by atoms with Gasteiger partial charge in [-0.3, -0.25) is 5.73 Å². The fourth-order valence-corrected chi connectivity index (χ4v) is 1.65. The van der Waals surface area contributed by atoms with E-state index in [1.165, 1.54) is 6.07 Å². The van der Waals surface area contributed by atoms with Crippen molar-refractivity contribution in [1.29, 1.82) is 0 Å². The second-order valence-corrected chi connectivity index (χ2v) is 3.28.